The summed E-state index contributed by atoms with van der Waals surface area (Å²) in [6, 6.07) is 10.2. The van der Waals surface area contributed by atoms with Crippen molar-refractivity contribution in [3.05, 3.63) is 62.0 Å². The Balaban J connectivity index is 2.34. The molecule has 5 heteroatoms. The molecule has 0 radical (unpaired) electrons. The Hall–Kier alpha value is -1.03. The predicted octanol–water partition coefficient (Wildman–Crippen LogP) is 5.78. The lowest BCUT2D eigenvalue weighted by molar-refractivity contribution is 0.103. The van der Waals surface area contributed by atoms with Crippen LogP contribution in [0.1, 0.15) is 29.3 Å². The lowest BCUT2D eigenvalue weighted by Crippen LogP contribution is -2.04. The van der Waals surface area contributed by atoms with Crippen LogP contribution in [0.15, 0.2) is 40.9 Å². The summed E-state index contributed by atoms with van der Waals surface area (Å²) >= 11 is 15.6. The fraction of sp³-hybridized carbons (Fsp3) is 0.188. The fourth-order valence-corrected chi connectivity index (χ4v) is 2.89. The van der Waals surface area contributed by atoms with Crippen molar-refractivity contribution in [2.75, 3.05) is 6.61 Å². The van der Waals surface area contributed by atoms with E-state index in [0.29, 0.717) is 33.5 Å². The first-order valence-corrected chi connectivity index (χ1v) is 8.00. The molecule has 0 atom stereocenters. The van der Waals surface area contributed by atoms with Gasteiger partial charge in [0.1, 0.15) is 5.75 Å². The monoisotopic (exact) mass is 386 g/mol. The minimum absolute atomic E-state index is 0.214. The van der Waals surface area contributed by atoms with Crippen LogP contribution in [0.4, 0.5) is 0 Å². The molecule has 0 heterocycles. The zero-order valence-corrected chi connectivity index (χ0v) is 14.4. The SMILES string of the molecule is CCCOc1ccc(C(=O)c2c(Cl)cccc2Cl)cc1Br. The van der Waals surface area contributed by atoms with Crippen LogP contribution < -0.4 is 4.74 Å². The normalized spacial score (nSPS) is 10.5. The van der Waals surface area contributed by atoms with Gasteiger partial charge in [0.2, 0.25) is 0 Å². The number of halogens is 3. The summed E-state index contributed by atoms with van der Waals surface area (Å²) in [7, 11) is 0. The van der Waals surface area contributed by atoms with E-state index >= 15 is 0 Å². The molecule has 0 amide bonds. The standard InChI is InChI=1S/C16H13BrCl2O2/c1-2-8-21-14-7-6-10(9-11(14)17)16(20)15-12(18)4-3-5-13(15)19/h3-7,9H,2,8H2,1H3. The first-order valence-electron chi connectivity index (χ1n) is 6.45. The molecule has 110 valence electrons. The molecule has 2 aromatic carbocycles. The van der Waals surface area contributed by atoms with Gasteiger partial charge in [0, 0.05) is 5.56 Å². The second-order valence-electron chi connectivity index (χ2n) is 4.42. The molecule has 21 heavy (non-hydrogen) atoms. The highest BCUT2D eigenvalue weighted by Crippen LogP contribution is 2.30. The number of hydrogen-bond acceptors (Lipinski definition) is 2. The number of carbonyl (C=O) groups excluding carboxylic acids is 1. The van der Waals surface area contributed by atoms with Gasteiger partial charge in [0.15, 0.2) is 5.78 Å². The zero-order valence-electron chi connectivity index (χ0n) is 11.3. The van der Waals surface area contributed by atoms with Crippen LogP contribution >= 0.6 is 39.1 Å². The quantitative estimate of drug-likeness (QED) is 0.608. The average molecular weight is 388 g/mol. The zero-order chi connectivity index (χ0) is 15.4. The third-order valence-electron chi connectivity index (χ3n) is 2.85. The lowest BCUT2D eigenvalue weighted by atomic mass is 10.0. The van der Waals surface area contributed by atoms with Gasteiger partial charge in [-0.1, -0.05) is 36.2 Å². The van der Waals surface area contributed by atoms with Crippen LogP contribution in [-0.4, -0.2) is 12.4 Å². The maximum Gasteiger partial charge on any atom is 0.196 e. The van der Waals surface area contributed by atoms with Crippen molar-refractivity contribution in [1.82, 2.24) is 0 Å². The highest BCUT2D eigenvalue weighted by molar-refractivity contribution is 9.10. The lowest BCUT2D eigenvalue weighted by Gasteiger charge is -2.10. The summed E-state index contributed by atoms with van der Waals surface area (Å²) in [5.74, 6) is 0.493. The Morgan fingerprint density at radius 1 is 1.19 bits per heavy atom. The Labute approximate surface area is 142 Å². The summed E-state index contributed by atoms with van der Waals surface area (Å²) in [5.41, 5.74) is 0.815. The molecule has 0 aromatic heterocycles. The molecule has 0 aliphatic carbocycles. The Morgan fingerprint density at radius 2 is 1.86 bits per heavy atom. The molecule has 2 aromatic rings. The van der Waals surface area contributed by atoms with Crippen molar-refractivity contribution in [2.24, 2.45) is 0 Å². The van der Waals surface area contributed by atoms with Crippen LogP contribution in [0.3, 0.4) is 0 Å². The Bertz CT molecular complexity index is 651. The van der Waals surface area contributed by atoms with Crippen LogP contribution in [0.5, 0.6) is 5.75 Å². The van der Waals surface area contributed by atoms with E-state index in [4.69, 9.17) is 27.9 Å². The molecule has 0 aliphatic heterocycles. The van der Waals surface area contributed by atoms with Gasteiger partial charge in [-0.3, -0.25) is 4.79 Å². The van der Waals surface area contributed by atoms with Crippen LogP contribution in [0, 0.1) is 0 Å². The molecule has 0 N–H and O–H groups in total. The second-order valence-corrected chi connectivity index (χ2v) is 6.09. The second kappa shape index (κ2) is 7.30. The Morgan fingerprint density at radius 3 is 2.43 bits per heavy atom. The first-order chi connectivity index (χ1) is 10.0. The summed E-state index contributed by atoms with van der Waals surface area (Å²) in [6.07, 6.45) is 0.919. The molecule has 0 bridgehead atoms. The Kier molecular flexibility index (Phi) is 5.68. The smallest absolute Gasteiger partial charge is 0.196 e. The van der Waals surface area contributed by atoms with E-state index in [1.54, 1.807) is 36.4 Å². The summed E-state index contributed by atoms with van der Waals surface area (Å²) in [4.78, 5) is 12.5. The number of carbonyl (C=O) groups is 1. The van der Waals surface area contributed by atoms with Crippen molar-refractivity contribution in [3.8, 4) is 5.75 Å². The van der Waals surface area contributed by atoms with Crippen LogP contribution in [0.25, 0.3) is 0 Å². The van der Waals surface area contributed by atoms with Gasteiger partial charge in [-0.25, -0.2) is 0 Å². The molecule has 0 fully saturated rings. The molecular weight excluding hydrogens is 375 g/mol. The minimum atomic E-state index is -0.214. The summed E-state index contributed by atoms with van der Waals surface area (Å²) in [5, 5.41) is 0.685. The van der Waals surface area contributed by atoms with Crippen LogP contribution in [0.2, 0.25) is 10.0 Å². The summed E-state index contributed by atoms with van der Waals surface area (Å²) in [6.45, 7) is 2.66. The van der Waals surface area contributed by atoms with E-state index in [1.165, 1.54) is 0 Å². The number of hydrogen-bond donors (Lipinski definition) is 0. The van der Waals surface area contributed by atoms with Gasteiger partial charge in [0.25, 0.3) is 0 Å². The van der Waals surface area contributed by atoms with Gasteiger partial charge >= 0.3 is 0 Å². The predicted molar refractivity (Wildman–Crippen MR) is 89.8 cm³/mol. The largest absolute Gasteiger partial charge is 0.492 e. The van der Waals surface area contributed by atoms with Gasteiger partial charge in [-0.2, -0.15) is 0 Å². The van der Waals surface area contributed by atoms with Crippen molar-refractivity contribution < 1.29 is 9.53 Å². The van der Waals surface area contributed by atoms with E-state index in [1.807, 2.05) is 6.92 Å². The number of rotatable bonds is 5. The van der Waals surface area contributed by atoms with Crippen molar-refractivity contribution in [1.29, 1.82) is 0 Å². The third kappa shape index (κ3) is 3.79. The molecule has 0 spiro atoms. The molecular formula is C16H13BrCl2O2. The van der Waals surface area contributed by atoms with E-state index in [2.05, 4.69) is 15.9 Å². The van der Waals surface area contributed by atoms with Crippen molar-refractivity contribution in [3.63, 3.8) is 0 Å². The van der Waals surface area contributed by atoms with Gasteiger partial charge < -0.3 is 4.74 Å². The van der Waals surface area contributed by atoms with E-state index < -0.39 is 0 Å². The molecule has 0 saturated carbocycles. The maximum atomic E-state index is 12.5. The van der Waals surface area contributed by atoms with Crippen LogP contribution in [-0.2, 0) is 0 Å². The number of ether oxygens (including phenoxy) is 1. The van der Waals surface area contributed by atoms with Gasteiger partial charge in [-0.05, 0) is 52.7 Å². The van der Waals surface area contributed by atoms with E-state index in [9.17, 15) is 4.79 Å². The number of ketones is 1. The topological polar surface area (TPSA) is 26.3 Å². The average Bonchev–Trinajstić information content (AvgIpc) is 2.45. The maximum absolute atomic E-state index is 12.5. The highest BCUT2D eigenvalue weighted by atomic mass is 79.9. The van der Waals surface area contributed by atoms with Gasteiger partial charge in [-0.15, -0.1) is 0 Å². The molecule has 2 rings (SSSR count). The summed E-state index contributed by atoms with van der Waals surface area (Å²) < 4.78 is 6.29. The molecule has 0 aliphatic rings. The highest BCUT2D eigenvalue weighted by Gasteiger charge is 2.17. The minimum Gasteiger partial charge on any atom is -0.492 e. The third-order valence-corrected chi connectivity index (χ3v) is 4.10. The molecule has 2 nitrogen and oxygen atoms in total. The number of benzene rings is 2. The van der Waals surface area contributed by atoms with Gasteiger partial charge in [0.05, 0.1) is 26.7 Å². The molecule has 0 unspecified atom stereocenters. The van der Waals surface area contributed by atoms with Crippen molar-refractivity contribution >= 4 is 44.9 Å². The fourth-order valence-electron chi connectivity index (χ4n) is 1.83. The van der Waals surface area contributed by atoms with E-state index in [0.717, 1.165) is 10.9 Å². The van der Waals surface area contributed by atoms with Crippen molar-refractivity contribution in [2.45, 2.75) is 13.3 Å². The first kappa shape index (κ1) is 16.3. The molecule has 0 saturated heterocycles. The van der Waals surface area contributed by atoms with E-state index in [-0.39, 0.29) is 5.78 Å².